The second-order valence-electron chi connectivity index (χ2n) is 2.62. The SMILES string of the molecule is C/C=C(/C)NC(=S)C(C)C. The summed E-state index contributed by atoms with van der Waals surface area (Å²) in [4.78, 5) is 0.913. The van der Waals surface area contributed by atoms with E-state index in [1.165, 1.54) is 0 Å². The second-order valence-corrected chi connectivity index (χ2v) is 3.06. The van der Waals surface area contributed by atoms with E-state index >= 15 is 0 Å². The van der Waals surface area contributed by atoms with Gasteiger partial charge in [-0.3, -0.25) is 0 Å². The average Bonchev–Trinajstić information content (AvgIpc) is 1.87. The smallest absolute Gasteiger partial charge is 0.0820 e. The van der Waals surface area contributed by atoms with E-state index in [9.17, 15) is 0 Å². The van der Waals surface area contributed by atoms with E-state index in [4.69, 9.17) is 12.2 Å². The van der Waals surface area contributed by atoms with Crippen LogP contribution in [0.15, 0.2) is 11.8 Å². The van der Waals surface area contributed by atoms with Crippen molar-refractivity contribution < 1.29 is 0 Å². The average molecular weight is 157 g/mol. The molecule has 1 nitrogen and oxygen atoms in total. The number of hydrogen-bond acceptors (Lipinski definition) is 1. The third-order valence-corrected chi connectivity index (χ3v) is 1.85. The van der Waals surface area contributed by atoms with E-state index < -0.39 is 0 Å². The topological polar surface area (TPSA) is 12.0 Å². The fourth-order valence-electron chi connectivity index (χ4n) is 0.411. The minimum absolute atomic E-state index is 0.435. The minimum Gasteiger partial charge on any atom is -0.354 e. The molecule has 0 saturated carbocycles. The number of thiocarbonyl (C=S) groups is 1. The maximum absolute atomic E-state index is 5.07. The molecule has 0 aliphatic carbocycles. The summed E-state index contributed by atoms with van der Waals surface area (Å²) in [6.45, 7) is 8.16. The fourth-order valence-corrected chi connectivity index (χ4v) is 0.572. The normalized spacial score (nSPS) is 11.9. The molecule has 58 valence electrons. The zero-order chi connectivity index (χ0) is 8.15. The van der Waals surface area contributed by atoms with Crippen LogP contribution in [0.4, 0.5) is 0 Å². The molecule has 0 aliphatic rings. The van der Waals surface area contributed by atoms with Crippen LogP contribution >= 0.6 is 12.2 Å². The molecule has 0 aromatic carbocycles. The molecule has 0 rings (SSSR count). The Balaban J connectivity index is 3.81. The summed E-state index contributed by atoms with van der Waals surface area (Å²) >= 11 is 5.07. The molecule has 0 atom stereocenters. The van der Waals surface area contributed by atoms with Crippen LogP contribution in [0.1, 0.15) is 27.7 Å². The van der Waals surface area contributed by atoms with Crippen molar-refractivity contribution in [3.63, 3.8) is 0 Å². The maximum Gasteiger partial charge on any atom is 0.0820 e. The molecule has 0 spiro atoms. The van der Waals surface area contributed by atoms with Crippen LogP contribution in [-0.2, 0) is 0 Å². The Hall–Kier alpha value is -0.370. The number of rotatable bonds is 2. The lowest BCUT2D eigenvalue weighted by molar-refractivity contribution is 0.857. The van der Waals surface area contributed by atoms with Crippen LogP contribution in [0.3, 0.4) is 0 Å². The summed E-state index contributed by atoms with van der Waals surface area (Å²) < 4.78 is 0. The summed E-state index contributed by atoms with van der Waals surface area (Å²) in [6, 6.07) is 0. The Morgan fingerprint density at radius 2 is 2.00 bits per heavy atom. The van der Waals surface area contributed by atoms with Gasteiger partial charge in [-0.15, -0.1) is 0 Å². The molecule has 0 bridgehead atoms. The summed E-state index contributed by atoms with van der Waals surface area (Å²) in [5.74, 6) is 0.435. The van der Waals surface area contributed by atoms with Crippen LogP contribution in [0.25, 0.3) is 0 Å². The van der Waals surface area contributed by atoms with Gasteiger partial charge in [0.05, 0.1) is 4.99 Å². The largest absolute Gasteiger partial charge is 0.354 e. The van der Waals surface area contributed by atoms with Crippen molar-refractivity contribution in [3.05, 3.63) is 11.8 Å². The van der Waals surface area contributed by atoms with Crippen LogP contribution in [0, 0.1) is 5.92 Å². The fraction of sp³-hybridized carbons (Fsp3) is 0.625. The Labute approximate surface area is 68.5 Å². The first-order chi connectivity index (χ1) is 4.57. The first-order valence-corrected chi connectivity index (χ1v) is 3.92. The molecular formula is C8H15NS. The Morgan fingerprint density at radius 3 is 2.30 bits per heavy atom. The van der Waals surface area contributed by atoms with Crippen molar-refractivity contribution in [2.75, 3.05) is 0 Å². The van der Waals surface area contributed by atoms with Gasteiger partial charge >= 0.3 is 0 Å². The number of nitrogens with one attached hydrogen (secondary N) is 1. The van der Waals surface area contributed by atoms with Crippen LogP contribution in [-0.4, -0.2) is 4.99 Å². The molecular weight excluding hydrogens is 142 g/mol. The minimum atomic E-state index is 0.435. The Bertz CT molecular complexity index is 147. The molecule has 1 N–H and O–H groups in total. The van der Waals surface area contributed by atoms with E-state index in [-0.39, 0.29) is 0 Å². The standard InChI is InChI=1S/C8H15NS/c1-5-7(4)9-8(10)6(2)3/h5-6H,1-4H3,(H,9,10)/b7-5-. The van der Waals surface area contributed by atoms with Gasteiger partial charge in [-0.2, -0.15) is 0 Å². The van der Waals surface area contributed by atoms with Gasteiger partial charge in [-0.05, 0) is 13.8 Å². The summed E-state index contributed by atoms with van der Waals surface area (Å²) in [6.07, 6.45) is 2.01. The van der Waals surface area contributed by atoms with Crippen molar-refractivity contribution in [2.24, 2.45) is 5.92 Å². The van der Waals surface area contributed by atoms with Gasteiger partial charge in [0, 0.05) is 11.6 Å². The molecule has 10 heavy (non-hydrogen) atoms. The summed E-state index contributed by atoms with van der Waals surface area (Å²) in [5.41, 5.74) is 1.12. The molecule has 0 aliphatic heterocycles. The molecule has 0 radical (unpaired) electrons. The molecule has 0 saturated heterocycles. The van der Waals surface area contributed by atoms with Gasteiger partial charge in [0.25, 0.3) is 0 Å². The maximum atomic E-state index is 5.07. The quantitative estimate of drug-likeness (QED) is 0.618. The lowest BCUT2D eigenvalue weighted by atomic mass is 10.2. The lowest BCUT2D eigenvalue weighted by Crippen LogP contribution is -2.23. The van der Waals surface area contributed by atoms with Gasteiger partial charge in [-0.25, -0.2) is 0 Å². The molecule has 0 unspecified atom stereocenters. The van der Waals surface area contributed by atoms with Crippen molar-refractivity contribution in [3.8, 4) is 0 Å². The zero-order valence-corrected chi connectivity index (χ0v) is 7.88. The highest BCUT2D eigenvalue weighted by Gasteiger charge is 1.99. The third-order valence-electron chi connectivity index (χ3n) is 1.28. The molecule has 0 aromatic heterocycles. The van der Waals surface area contributed by atoms with E-state index in [0.717, 1.165) is 10.7 Å². The highest BCUT2D eigenvalue weighted by atomic mass is 32.1. The first kappa shape index (κ1) is 9.63. The third kappa shape index (κ3) is 3.62. The van der Waals surface area contributed by atoms with Crippen LogP contribution < -0.4 is 5.32 Å². The van der Waals surface area contributed by atoms with E-state index in [0.29, 0.717) is 5.92 Å². The van der Waals surface area contributed by atoms with Gasteiger partial charge < -0.3 is 5.32 Å². The Kier molecular flexibility index (Phi) is 4.28. The van der Waals surface area contributed by atoms with Crippen molar-refractivity contribution in [1.82, 2.24) is 5.32 Å². The predicted molar refractivity (Wildman–Crippen MR) is 50.0 cm³/mol. The lowest BCUT2D eigenvalue weighted by Gasteiger charge is -2.09. The van der Waals surface area contributed by atoms with Crippen molar-refractivity contribution in [1.29, 1.82) is 0 Å². The van der Waals surface area contributed by atoms with E-state index in [2.05, 4.69) is 19.2 Å². The molecule has 0 amide bonds. The Morgan fingerprint density at radius 1 is 1.50 bits per heavy atom. The van der Waals surface area contributed by atoms with Crippen molar-refractivity contribution in [2.45, 2.75) is 27.7 Å². The highest BCUT2D eigenvalue weighted by Crippen LogP contribution is 1.96. The molecule has 0 fully saturated rings. The van der Waals surface area contributed by atoms with Gasteiger partial charge in [0.1, 0.15) is 0 Å². The van der Waals surface area contributed by atoms with Gasteiger partial charge in [0.15, 0.2) is 0 Å². The zero-order valence-electron chi connectivity index (χ0n) is 7.06. The monoisotopic (exact) mass is 157 g/mol. The summed E-state index contributed by atoms with van der Waals surface area (Å²) in [5, 5.41) is 3.12. The van der Waals surface area contributed by atoms with Gasteiger partial charge in [0.2, 0.25) is 0 Å². The first-order valence-electron chi connectivity index (χ1n) is 3.51. The van der Waals surface area contributed by atoms with E-state index in [1.807, 2.05) is 19.9 Å². The molecule has 0 heterocycles. The molecule has 0 aromatic rings. The van der Waals surface area contributed by atoms with Gasteiger partial charge in [-0.1, -0.05) is 32.1 Å². The number of hydrogen-bond donors (Lipinski definition) is 1. The van der Waals surface area contributed by atoms with Crippen molar-refractivity contribution >= 4 is 17.2 Å². The predicted octanol–water partition coefficient (Wildman–Crippen LogP) is 2.48. The molecule has 2 heteroatoms. The number of allylic oxidation sites excluding steroid dienone is 2. The van der Waals surface area contributed by atoms with E-state index in [1.54, 1.807) is 0 Å². The second kappa shape index (κ2) is 4.45. The van der Waals surface area contributed by atoms with Crippen LogP contribution in [0.5, 0.6) is 0 Å². The highest BCUT2D eigenvalue weighted by molar-refractivity contribution is 7.80. The summed E-state index contributed by atoms with van der Waals surface area (Å²) in [7, 11) is 0. The van der Waals surface area contributed by atoms with Crippen LogP contribution in [0.2, 0.25) is 0 Å².